The van der Waals surface area contributed by atoms with Crippen LogP contribution in [0.3, 0.4) is 0 Å². The molecular formula is C16H17NOS. The lowest BCUT2D eigenvalue weighted by Crippen LogP contribution is -2.16. The van der Waals surface area contributed by atoms with Crippen molar-refractivity contribution < 1.29 is 4.21 Å². The lowest BCUT2D eigenvalue weighted by molar-refractivity contribution is 0.701. The molecule has 0 heterocycles. The van der Waals surface area contributed by atoms with Crippen molar-refractivity contribution >= 4 is 21.9 Å². The molecule has 19 heavy (non-hydrogen) atoms. The number of nitrogens with one attached hydrogen (secondary N) is 1. The first-order valence-corrected chi connectivity index (χ1v) is 6.93. The van der Waals surface area contributed by atoms with Gasteiger partial charge in [0.25, 0.3) is 0 Å². The maximum Gasteiger partial charge on any atom is 0.141 e. The smallest absolute Gasteiger partial charge is 0.141 e. The highest BCUT2D eigenvalue weighted by Crippen LogP contribution is 2.18. The van der Waals surface area contributed by atoms with Gasteiger partial charge in [0.15, 0.2) is 0 Å². The van der Waals surface area contributed by atoms with Gasteiger partial charge in [0.2, 0.25) is 0 Å². The van der Waals surface area contributed by atoms with Crippen molar-refractivity contribution in [2.75, 3.05) is 5.32 Å². The van der Waals surface area contributed by atoms with Gasteiger partial charge >= 0.3 is 0 Å². The number of anilines is 1. The number of para-hydroxylation sites is 1. The van der Waals surface area contributed by atoms with E-state index in [0.29, 0.717) is 16.2 Å². The summed E-state index contributed by atoms with van der Waals surface area (Å²) in [6.07, 6.45) is 0. The van der Waals surface area contributed by atoms with Gasteiger partial charge in [-0.2, -0.15) is 0 Å². The minimum atomic E-state index is 0.508. The molecule has 1 N–H and O–H groups in total. The van der Waals surface area contributed by atoms with Gasteiger partial charge in [-0.15, -0.1) is 0 Å². The highest BCUT2D eigenvalue weighted by molar-refractivity contribution is 7.67. The van der Waals surface area contributed by atoms with Gasteiger partial charge in [0.05, 0.1) is 0 Å². The molecule has 0 bridgehead atoms. The molecule has 0 aliphatic rings. The van der Waals surface area contributed by atoms with E-state index in [0.717, 1.165) is 22.4 Å². The molecule has 3 heteroatoms. The van der Waals surface area contributed by atoms with Crippen LogP contribution in [0.5, 0.6) is 0 Å². The van der Waals surface area contributed by atoms with Gasteiger partial charge in [0, 0.05) is 11.3 Å². The molecule has 0 aliphatic carbocycles. The first-order valence-electron chi connectivity index (χ1n) is 6.19. The van der Waals surface area contributed by atoms with Gasteiger partial charge in [-0.05, 0) is 44.0 Å². The van der Waals surface area contributed by atoms with Crippen molar-refractivity contribution in [2.24, 2.45) is 0 Å². The van der Waals surface area contributed by atoms with Crippen LogP contribution in [0.2, 0.25) is 0 Å². The Hall–Kier alpha value is -1.87. The van der Waals surface area contributed by atoms with Crippen LogP contribution >= 0.6 is 0 Å². The summed E-state index contributed by atoms with van der Waals surface area (Å²) < 4.78 is 11.4. The lowest BCUT2D eigenvalue weighted by Gasteiger charge is -2.13. The Morgan fingerprint density at radius 2 is 1.58 bits per heavy atom. The monoisotopic (exact) mass is 271 g/mol. The fraction of sp³-hybridized carbons (Fsp3) is 0.188. The average Bonchev–Trinajstić information content (AvgIpc) is 2.37. The van der Waals surface area contributed by atoms with Crippen LogP contribution in [0.15, 0.2) is 42.5 Å². The van der Waals surface area contributed by atoms with Crippen LogP contribution in [-0.4, -0.2) is 9.20 Å². The predicted octanol–water partition coefficient (Wildman–Crippen LogP) is 3.41. The van der Waals surface area contributed by atoms with E-state index < -0.39 is 0 Å². The summed E-state index contributed by atoms with van der Waals surface area (Å²) in [6, 6.07) is 14.0. The van der Waals surface area contributed by atoms with Crippen LogP contribution in [0.1, 0.15) is 22.3 Å². The number of aryl methyl sites for hydroxylation is 3. The Labute approximate surface area is 117 Å². The van der Waals surface area contributed by atoms with Crippen molar-refractivity contribution in [3.05, 3.63) is 64.7 Å². The summed E-state index contributed by atoms with van der Waals surface area (Å²) in [7, 11) is 0. The van der Waals surface area contributed by atoms with Crippen LogP contribution in [0.25, 0.3) is 0 Å². The van der Waals surface area contributed by atoms with E-state index in [1.54, 1.807) is 0 Å². The minimum absolute atomic E-state index is 0.508. The maximum absolute atomic E-state index is 11.4. The topological polar surface area (TPSA) is 29.1 Å². The van der Waals surface area contributed by atoms with Crippen molar-refractivity contribution in [2.45, 2.75) is 20.8 Å². The third-order valence-corrected chi connectivity index (χ3v) is 3.49. The first kappa shape index (κ1) is 13.6. The summed E-state index contributed by atoms with van der Waals surface area (Å²) in [4.78, 5) is 0.654. The molecular weight excluding hydrogens is 254 g/mol. The summed E-state index contributed by atoms with van der Waals surface area (Å²) >= 11 is 0.508. The molecule has 2 aromatic carbocycles. The Morgan fingerprint density at radius 3 is 2.11 bits per heavy atom. The number of hydrogen-bond donors (Lipinski definition) is 1. The molecule has 0 aliphatic heterocycles. The molecule has 98 valence electrons. The van der Waals surface area contributed by atoms with Gasteiger partial charge in [-0.1, -0.05) is 35.9 Å². The minimum Gasteiger partial charge on any atom is -0.344 e. The Balaban J connectivity index is 2.42. The molecule has 0 fully saturated rings. The summed E-state index contributed by atoms with van der Waals surface area (Å²) in [5, 5.41) is 3.21. The molecule has 0 unspecified atom stereocenters. The SMILES string of the molecule is Cc1cc(C)c(C(Nc2ccccc2)=S=O)c(C)c1. The molecule has 0 aromatic heterocycles. The van der Waals surface area contributed by atoms with Gasteiger partial charge in [-0.25, -0.2) is 4.21 Å². The fourth-order valence-corrected chi connectivity index (χ4v) is 2.88. The zero-order valence-electron chi connectivity index (χ0n) is 11.4. The van der Waals surface area contributed by atoms with E-state index in [4.69, 9.17) is 0 Å². The van der Waals surface area contributed by atoms with E-state index in [1.165, 1.54) is 5.56 Å². The van der Waals surface area contributed by atoms with Gasteiger partial charge in [-0.3, -0.25) is 0 Å². The maximum atomic E-state index is 11.4. The molecule has 0 atom stereocenters. The van der Waals surface area contributed by atoms with E-state index in [2.05, 4.69) is 24.4 Å². The number of benzene rings is 2. The second-order valence-electron chi connectivity index (χ2n) is 4.68. The number of hydrogen-bond acceptors (Lipinski definition) is 1. The molecule has 0 saturated heterocycles. The van der Waals surface area contributed by atoms with Crippen LogP contribution in [0.4, 0.5) is 5.69 Å². The van der Waals surface area contributed by atoms with Crippen molar-refractivity contribution in [1.29, 1.82) is 0 Å². The van der Waals surface area contributed by atoms with Crippen LogP contribution < -0.4 is 5.32 Å². The molecule has 0 spiro atoms. The van der Waals surface area contributed by atoms with Gasteiger partial charge in [0.1, 0.15) is 16.2 Å². The third-order valence-electron chi connectivity index (χ3n) is 3.02. The van der Waals surface area contributed by atoms with Crippen molar-refractivity contribution in [3.8, 4) is 0 Å². The van der Waals surface area contributed by atoms with E-state index in [1.807, 2.05) is 44.2 Å². The fourth-order valence-electron chi connectivity index (χ4n) is 2.32. The molecule has 2 nitrogen and oxygen atoms in total. The molecule has 0 radical (unpaired) electrons. The second kappa shape index (κ2) is 5.85. The van der Waals surface area contributed by atoms with Crippen molar-refractivity contribution in [3.63, 3.8) is 0 Å². The number of rotatable bonds is 2. The predicted molar refractivity (Wildman–Crippen MR) is 83.0 cm³/mol. The third kappa shape index (κ3) is 3.12. The Morgan fingerprint density at radius 1 is 1.00 bits per heavy atom. The zero-order valence-corrected chi connectivity index (χ0v) is 12.2. The highest BCUT2D eigenvalue weighted by Gasteiger charge is 2.10. The molecule has 0 saturated carbocycles. The van der Waals surface area contributed by atoms with E-state index >= 15 is 0 Å². The Bertz CT molecular complexity index is 620. The summed E-state index contributed by atoms with van der Waals surface area (Å²) in [6.45, 7) is 6.15. The normalized spacial score (nSPS) is 10.1. The summed E-state index contributed by atoms with van der Waals surface area (Å²) in [5.74, 6) is 0. The zero-order chi connectivity index (χ0) is 13.8. The summed E-state index contributed by atoms with van der Waals surface area (Å²) in [5.41, 5.74) is 5.40. The standard InChI is InChI=1S/C16H17NOS/c1-11-9-12(2)15(13(3)10-11)16(19-18)17-14-7-5-4-6-8-14/h4-10,17H,1-3H3. The average molecular weight is 271 g/mol. The van der Waals surface area contributed by atoms with E-state index in [-0.39, 0.29) is 0 Å². The Kier molecular flexibility index (Phi) is 4.17. The van der Waals surface area contributed by atoms with Gasteiger partial charge < -0.3 is 5.32 Å². The quantitative estimate of drug-likeness (QED) is 0.848. The second-order valence-corrected chi connectivity index (χ2v) is 5.25. The molecule has 0 amide bonds. The lowest BCUT2D eigenvalue weighted by atomic mass is 9.99. The first-order chi connectivity index (χ1) is 9.11. The van der Waals surface area contributed by atoms with Crippen molar-refractivity contribution in [1.82, 2.24) is 0 Å². The van der Waals surface area contributed by atoms with E-state index in [9.17, 15) is 4.21 Å². The molecule has 2 rings (SSSR count). The largest absolute Gasteiger partial charge is 0.344 e. The van der Waals surface area contributed by atoms with Crippen LogP contribution in [-0.2, 0) is 11.3 Å². The highest BCUT2D eigenvalue weighted by atomic mass is 32.1. The molecule has 2 aromatic rings. The van der Waals surface area contributed by atoms with Crippen LogP contribution in [0, 0.1) is 20.8 Å².